The average Bonchev–Trinajstić information content (AvgIpc) is 2.89. The lowest BCUT2D eigenvalue weighted by molar-refractivity contribution is 0.601. The quantitative estimate of drug-likeness (QED) is 0.826. The molecule has 1 atom stereocenters. The molecule has 0 amide bonds. The fraction of sp³-hybridized carbons (Fsp3) is 0.357. The van der Waals surface area contributed by atoms with Crippen molar-refractivity contribution in [3.63, 3.8) is 0 Å². The molecule has 6 heteroatoms. The molecule has 0 saturated heterocycles. The molecule has 0 radical (unpaired) electrons. The van der Waals surface area contributed by atoms with Crippen molar-refractivity contribution in [2.75, 3.05) is 11.9 Å². The van der Waals surface area contributed by atoms with Crippen molar-refractivity contribution in [3.8, 4) is 0 Å². The molecule has 0 saturated carbocycles. The molecule has 0 aliphatic heterocycles. The monoisotopic (exact) mass is 356 g/mol. The van der Waals surface area contributed by atoms with Crippen LogP contribution in [0.2, 0.25) is 5.02 Å². The van der Waals surface area contributed by atoms with Gasteiger partial charge in [-0.15, -0.1) is 0 Å². The van der Waals surface area contributed by atoms with Crippen LogP contribution < -0.4 is 11.1 Å². The molecule has 1 unspecified atom stereocenters. The molecule has 20 heavy (non-hydrogen) atoms. The highest BCUT2D eigenvalue weighted by atomic mass is 79.9. The van der Waals surface area contributed by atoms with Gasteiger partial charge in [0.2, 0.25) is 0 Å². The highest BCUT2D eigenvalue weighted by molar-refractivity contribution is 9.10. The van der Waals surface area contributed by atoms with Crippen LogP contribution in [0.25, 0.3) is 0 Å². The fourth-order valence-electron chi connectivity index (χ4n) is 1.98. The SMILES string of the molecule is CCCn1cc(C(CN)Nc2ccc(Br)c(Cl)c2)cn1. The van der Waals surface area contributed by atoms with Crippen LogP contribution >= 0.6 is 27.5 Å². The Morgan fingerprint density at radius 3 is 2.95 bits per heavy atom. The molecule has 1 heterocycles. The van der Waals surface area contributed by atoms with Gasteiger partial charge in [0.15, 0.2) is 0 Å². The highest BCUT2D eigenvalue weighted by Crippen LogP contribution is 2.27. The molecule has 0 bridgehead atoms. The third kappa shape index (κ3) is 3.75. The van der Waals surface area contributed by atoms with E-state index < -0.39 is 0 Å². The lowest BCUT2D eigenvalue weighted by Gasteiger charge is -2.17. The largest absolute Gasteiger partial charge is 0.377 e. The molecule has 0 aliphatic carbocycles. The van der Waals surface area contributed by atoms with E-state index in [2.05, 4.69) is 33.3 Å². The molecule has 3 N–H and O–H groups in total. The third-order valence-corrected chi connectivity index (χ3v) is 4.24. The van der Waals surface area contributed by atoms with Gasteiger partial charge < -0.3 is 11.1 Å². The topological polar surface area (TPSA) is 55.9 Å². The van der Waals surface area contributed by atoms with Gasteiger partial charge in [0.05, 0.1) is 17.3 Å². The Bertz CT molecular complexity index is 570. The predicted octanol–water partition coefficient (Wildman–Crippen LogP) is 3.82. The van der Waals surface area contributed by atoms with Crippen LogP contribution in [0.15, 0.2) is 35.1 Å². The highest BCUT2D eigenvalue weighted by Gasteiger charge is 2.12. The second-order valence-electron chi connectivity index (χ2n) is 4.60. The molecule has 0 aliphatic rings. The summed E-state index contributed by atoms with van der Waals surface area (Å²) in [4.78, 5) is 0. The second-order valence-corrected chi connectivity index (χ2v) is 5.86. The summed E-state index contributed by atoms with van der Waals surface area (Å²) in [5.74, 6) is 0. The van der Waals surface area contributed by atoms with Gasteiger partial charge in [-0.3, -0.25) is 4.68 Å². The number of hydrogen-bond acceptors (Lipinski definition) is 3. The average molecular weight is 358 g/mol. The van der Waals surface area contributed by atoms with E-state index >= 15 is 0 Å². The Hall–Kier alpha value is -1.04. The number of hydrogen-bond donors (Lipinski definition) is 2. The number of aromatic nitrogens is 2. The van der Waals surface area contributed by atoms with Gasteiger partial charge in [-0.25, -0.2) is 0 Å². The number of anilines is 1. The van der Waals surface area contributed by atoms with Crippen LogP contribution in [0.3, 0.4) is 0 Å². The lowest BCUT2D eigenvalue weighted by Crippen LogP contribution is -2.20. The van der Waals surface area contributed by atoms with Gasteiger partial charge in [-0.2, -0.15) is 5.10 Å². The molecule has 1 aromatic carbocycles. The number of nitrogens with zero attached hydrogens (tertiary/aromatic N) is 2. The van der Waals surface area contributed by atoms with Crippen molar-refractivity contribution in [2.24, 2.45) is 5.73 Å². The molecule has 0 spiro atoms. The standard InChI is InChI=1S/C14H18BrClN4/c1-2-5-20-9-10(8-18-20)14(7-17)19-11-3-4-12(15)13(16)6-11/h3-4,6,8-9,14,19H,2,5,7,17H2,1H3. The van der Waals surface area contributed by atoms with Gasteiger partial charge in [-0.1, -0.05) is 18.5 Å². The number of benzene rings is 1. The van der Waals surface area contributed by atoms with Crippen LogP contribution in [-0.2, 0) is 6.54 Å². The van der Waals surface area contributed by atoms with Crippen molar-refractivity contribution >= 4 is 33.2 Å². The Morgan fingerprint density at radius 2 is 2.30 bits per heavy atom. The number of nitrogens with two attached hydrogens (primary N) is 1. The maximum absolute atomic E-state index is 6.10. The number of halogens is 2. The van der Waals surface area contributed by atoms with E-state index in [0.29, 0.717) is 11.6 Å². The van der Waals surface area contributed by atoms with E-state index in [1.165, 1.54) is 0 Å². The summed E-state index contributed by atoms with van der Waals surface area (Å²) >= 11 is 9.48. The van der Waals surface area contributed by atoms with Gasteiger partial charge in [-0.05, 0) is 40.5 Å². The molecule has 2 aromatic rings. The fourth-order valence-corrected chi connectivity index (χ4v) is 2.40. The first-order chi connectivity index (χ1) is 9.63. The van der Waals surface area contributed by atoms with Gasteiger partial charge in [0, 0.05) is 35.0 Å². The maximum atomic E-state index is 6.10. The van der Waals surface area contributed by atoms with Crippen molar-refractivity contribution in [3.05, 3.63) is 45.7 Å². The first kappa shape index (κ1) is 15.4. The number of nitrogens with one attached hydrogen (secondary N) is 1. The van der Waals surface area contributed by atoms with E-state index in [4.69, 9.17) is 17.3 Å². The smallest absolute Gasteiger partial charge is 0.0667 e. The Balaban J connectivity index is 2.12. The summed E-state index contributed by atoms with van der Waals surface area (Å²) in [6.45, 7) is 3.54. The molecule has 108 valence electrons. The summed E-state index contributed by atoms with van der Waals surface area (Å²) in [6, 6.07) is 5.79. The van der Waals surface area contributed by atoms with Crippen LogP contribution in [0, 0.1) is 0 Å². The molecule has 2 rings (SSSR count). The van der Waals surface area contributed by atoms with Gasteiger partial charge in [0.1, 0.15) is 0 Å². The number of aryl methyl sites for hydroxylation is 1. The normalized spacial score (nSPS) is 12.4. The molecular formula is C14H18BrClN4. The minimum atomic E-state index is 0.0258. The van der Waals surface area contributed by atoms with E-state index in [-0.39, 0.29) is 6.04 Å². The molecular weight excluding hydrogens is 340 g/mol. The summed E-state index contributed by atoms with van der Waals surface area (Å²) in [5, 5.41) is 8.39. The Morgan fingerprint density at radius 1 is 1.50 bits per heavy atom. The lowest BCUT2D eigenvalue weighted by atomic mass is 10.1. The zero-order valence-corrected chi connectivity index (χ0v) is 13.7. The summed E-state index contributed by atoms with van der Waals surface area (Å²) < 4.78 is 2.82. The van der Waals surface area contributed by atoms with E-state index in [1.807, 2.05) is 35.3 Å². The minimum absolute atomic E-state index is 0.0258. The number of rotatable bonds is 6. The minimum Gasteiger partial charge on any atom is -0.377 e. The van der Waals surface area contributed by atoms with Gasteiger partial charge in [0.25, 0.3) is 0 Å². The van der Waals surface area contributed by atoms with Crippen LogP contribution in [-0.4, -0.2) is 16.3 Å². The first-order valence-electron chi connectivity index (χ1n) is 6.58. The third-order valence-electron chi connectivity index (χ3n) is 3.00. The zero-order chi connectivity index (χ0) is 14.5. The summed E-state index contributed by atoms with van der Waals surface area (Å²) in [5.41, 5.74) is 7.89. The summed E-state index contributed by atoms with van der Waals surface area (Å²) in [6.07, 6.45) is 4.96. The summed E-state index contributed by atoms with van der Waals surface area (Å²) in [7, 11) is 0. The van der Waals surface area contributed by atoms with Gasteiger partial charge >= 0.3 is 0 Å². The van der Waals surface area contributed by atoms with E-state index in [0.717, 1.165) is 28.7 Å². The van der Waals surface area contributed by atoms with E-state index in [1.54, 1.807) is 0 Å². The van der Waals surface area contributed by atoms with Crippen LogP contribution in [0.5, 0.6) is 0 Å². The zero-order valence-electron chi connectivity index (χ0n) is 11.3. The van der Waals surface area contributed by atoms with Crippen LogP contribution in [0.4, 0.5) is 5.69 Å². The first-order valence-corrected chi connectivity index (χ1v) is 7.75. The van der Waals surface area contributed by atoms with Crippen LogP contribution in [0.1, 0.15) is 24.9 Å². The van der Waals surface area contributed by atoms with Crippen molar-refractivity contribution in [2.45, 2.75) is 25.9 Å². The van der Waals surface area contributed by atoms with E-state index in [9.17, 15) is 0 Å². The molecule has 1 aromatic heterocycles. The van der Waals surface area contributed by atoms with Crippen molar-refractivity contribution in [1.82, 2.24) is 9.78 Å². The molecule has 0 fully saturated rings. The second kappa shape index (κ2) is 7.11. The predicted molar refractivity (Wildman–Crippen MR) is 87.1 cm³/mol. The van der Waals surface area contributed by atoms with Crippen molar-refractivity contribution in [1.29, 1.82) is 0 Å². The molecule has 4 nitrogen and oxygen atoms in total. The Labute approximate surface area is 132 Å². The maximum Gasteiger partial charge on any atom is 0.0667 e. The Kier molecular flexibility index (Phi) is 5.46. The van der Waals surface area contributed by atoms with Crippen molar-refractivity contribution < 1.29 is 0 Å².